The third-order valence-corrected chi connectivity index (χ3v) is 11.8. The second-order valence-corrected chi connectivity index (χ2v) is 13.7. The molecule has 180 valence electrons. The molecule has 1 heteroatoms. The predicted molar refractivity (Wildman–Crippen MR) is 133 cm³/mol. The zero-order valence-electron chi connectivity index (χ0n) is 21.8. The zero-order valence-corrected chi connectivity index (χ0v) is 21.8. The van der Waals surface area contributed by atoms with Gasteiger partial charge in [0.15, 0.2) is 0 Å². The van der Waals surface area contributed by atoms with Crippen molar-refractivity contribution in [3.05, 3.63) is 0 Å². The summed E-state index contributed by atoms with van der Waals surface area (Å²) >= 11 is 0. The van der Waals surface area contributed by atoms with Gasteiger partial charge in [0.05, 0.1) is 6.10 Å². The van der Waals surface area contributed by atoms with Gasteiger partial charge in [-0.25, -0.2) is 0 Å². The molecule has 4 rings (SSSR count). The van der Waals surface area contributed by atoms with Crippen LogP contribution in [0.4, 0.5) is 0 Å². The molecule has 0 radical (unpaired) electrons. The largest absolute Gasteiger partial charge is 0.393 e. The van der Waals surface area contributed by atoms with E-state index < -0.39 is 0 Å². The van der Waals surface area contributed by atoms with Crippen LogP contribution in [-0.4, -0.2) is 11.2 Å². The Morgan fingerprint density at radius 1 is 0.806 bits per heavy atom. The lowest BCUT2D eigenvalue weighted by molar-refractivity contribution is -0.153. The molecular formula is C30H54O. The summed E-state index contributed by atoms with van der Waals surface area (Å²) in [5.41, 5.74) is 1.11. The molecule has 31 heavy (non-hydrogen) atoms. The first kappa shape index (κ1) is 24.1. The van der Waals surface area contributed by atoms with E-state index in [-0.39, 0.29) is 6.10 Å². The predicted octanol–water partition coefficient (Wildman–Crippen LogP) is 8.49. The monoisotopic (exact) mass is 430 g/mol. The van der Waals surface area contributed by atoms with Crippen molar-refractivity contribution in [3.8, 4) is 0 Å². The normalized spacial score (nSPS) is 48.2. The van der Waals surface area contributed by atoms with E-state index in [1.54, 1.807) is 0 Å². The minimum absolute atomic E-state index is 0.0222. The van der Waals surface area contributed by atoms with Crippen LogP contribution in [0.1, 0.15) is 125 Å². The van der Waals surface area contributed by atoms with Gasteiger partial charge in [0, 0.05) is 0 Å². The van der Waals surface area contributed by atoms with Gasteiger partial charge in [-0.3, -0.25) is 0 Å². The molecular weight excluding hydrogens is 376 g/mol. The zero-order chi connectivity index (χ0) is 22.4. The van der Waals surface area contributed by atoms with Gasteiger partial charge in [0.2, 0.25) is 0 Å². The summed E-state index contributed by atoms with van der Waals surface area (Å²) in [4.78, 5) is 0. The van der Waals surface area contributed by atoms with Gasteiger partial charge in [0.1, 0.15) is 0 Å². The highest BCUT2D eigenvalue weighted by Crippen LogP contribution is 2.69. The first-order chi connectivity index (χ1) is 14.7. The lowest BCUT2D eigenvalue weighted by Gasteiger charge is -2.63. The van der Waals surface area contributed by atoms with E-state index in [0.29, 0.717) is 16.7 Å². The van der Waals surface area contributed by atoms with Crippen LogP contribution in [0, 0.1) is 58.2 Å². The average Bonchev–Trinajstić information content (AvgIpc) is 3.07. The van der Waals surface area contributed by atoms with Gasteiger partial charge in [-0.15, -0.1) is 0 Å². The molecule has 1 N–H and O–H groups in total. The maximum Gasteiger partial charge on any atom is 0.0571 e. The highest BCUT2D eigenvalue weighted by Gasteiger charge is 2.61. The molecule has 4 aliphatic carbocycles. The highest BCUT2D eigenvalue weighted by molar-refractivity contribution is 5.10. The molecule has 0 aromatic carbocycles. The molecule has 0 bridgehead atoms. The Balaban J connectivity index is 1.48. The van der Waals surface area contributed by atoms with Gasteiger partial charge in [-0.1, -0.05) is 67.2 Å². The van der Waals surface area contributed by atoms with E-state index >= 15 is 0 Å². The molecule has 1 nitrogen and oxygen atoms in total. The van der Waals surface area contributed by atoms with Crippen LogP contribution in [0.2, 0.25) is 0 Å². The summed E-state index contributed by atoms with van der Waals surface area (Å²) in [6.45, 7) is 15.1. The van der Waals surface area contributed by atoms with E-state index in [9.17, 15) is 5.11 Å². The summed E-state index contributed by atoms with van der Waals surface area (Å²) in [6, 6.07) is 0. The third-order valence-electron chi connectivity index (χ3n) is 11.8. The van der Waals surface area contributed by atoms with Crippen LogP contribution in [0.15, 0.2) is 0 Å². The molecule has 0 aromatic rings. The lowest BCUT2D eigenvalue weighted by Crippen LogP contribution is -2.56. The maximum absolute atomic E-state index is 10.8. The Bertz CT molecular complexity index is 597. The van der Waals surface area contributed by atoms with E-state index in [1.807, 2.05) is 0 Å². The Hall–Kier alpha value is -0.0400. The Kier molecular flexibility index (Phi) is 7.23. The second-order valence-electron chi connectivity index (χ2n) is 13.7. The van der Waals surface area contributed by atoms with Crippen molar-refractivity contribution in [2.75, 3.05) is 0 Å². The molecule has 0 unspecified atom stereocenters. The topological polar surface area (TPSA) is 20.2 Å². The fourth-order valence-corrected chi connectivity index (χ4v) is 10.3. The third kappa shape index (κ3) is 4.17. The molecule has 0 heterocycles. The Morgan fingerprint density at radius 2 is 1.48 bits per heavy atom. The van der Waals surface area contributed by atoms with E-state index in [1.165, 1.54) is 77.0 Å². The number of hydrogen-bond acceptors (Lipinski definition) is 1. The minimum Gasteiger partial charge on any atom is -0.393 e. The Labute approximate surface area is 194 Å². The molecule has 0 aliphatic heterocycles. The van der Waals surface area contributed by atoms with Crippen LogP contribution < -0.4 is 0 Å². The molecule has 0 saturated heterocycles. The van der Waals surface area contributed by atoms with Crippen LogP contribution in [0.5, 0.6) is 0 Å². The number of hydrogen-bond donors (Lipinski definition) is 1. The molecule has 0 amide bonds. The number of aliphatic hydroxyl groups is 1. The SMILES string of the molecule is CCC[C@@H]1[C@H](O)CC[C@@]2(C)[C@H]1CC[C@@H]1[C@@H]2CC[C@]2(C)[C@@H]([C@@H](C)CCCC(C)C)CC[C@@H]12. The second kappa shape index (κ2) is 9.31. The summed E-state index contributed by atoms with van der Waals surface area (Å²) in [5.74, 6) is 7.00. The van der Waals surface area contributed by atoms with Gasteiger partial charge in [-0.2, -0.15) is 0 Å². The van der Waals surface area contributed by atoms with Crippen molar-refractivity contribution in [2.45, 2.75) is 131 Å². The number of aliphatic hydroxyl groups excluding tert-OH is 1. The van der Waals surface area contributed by atoms with E-state index in [4.69, 9.17) is 0 Å². The van der Waals surface area contributed by atoms with Gasteiger partial charge in [-0.05, 0) is 116 Å². The molecule has 4 fully saturated rings. The van der Waals surface area contributed by atoms with Crippen LogP contribution in [0.3, 0.4) is 0 Å². The fourth-order valence-electron chi connectivity index (χ4n) is 10.3. The molecule has 0 aromatic heterocycles. The lowest BCUT2D eigenvalue weighted by atomic mass is 9.42. The quantitative estimate of drug-likeness (QED) is 0.429. The highest BCUT2D eigenvalue weighted by atomic mass is 16.3. The minimum atomic E-state index is -0.0222. The van der Waals surface area contributed by atoms with Crippen molar-refractivity contribution < 1.29 is 5.11 Å². The first-order valence-corrected chi connectivity index (χ1v) is 14.4. The van der Waals surface area contributed by atoms with Crippen LogP contribution in [0.25, 0.3) is 0 Å². The summed E-state index contributed by atoms with van der Waals surface area (Å²) in [5, 5.41) is 10.8. The summed E-state index contributed by atoms with van der Waals surface area (Å²) in [7, 11) is 0. The van der Waals surface area contributed by atoms with Crippen molar-refractivity contribution in [1.29, 1.82) is 0 Å². The summed E-state index contributed by atoms with van der Waals surface area (Å²) < 4.78 is 0. The maximum atomic E-state index is 10.8. The molecule has 0 spiro atoms. The molecule has 4 aliphatic rings. The Morgan fingerprint density at radius 3 is 2.19 bits per heavy atom. The van der Waals surface area contributed by atoms with Crippen molar-refractivity contribution in [2.24, 2.45) is 58.2 Å². The fraction of sp³-hybridized carbons (Fsp3) is 1.00. The average molecular weight is 431 g/mol. The molecule has 4 saturated carbocycles. The number of fused-ring (bicyclic) bond motifs is 5. The smallest absolute Gasteiger partial charge is 0.0571 e. The van der Waals surface area contributed by atoms with Crippen molar-refractivity contribution >= 4 is 0 Å². The van der Waals surface area contributed by atoms with Gasteiger partial charge >= 0.3 is 0 Å². The first-order valence-electron chi connectivity index (χ1n) is 14.4. The molecule has 10 atom stereocenters. The van der Waals surface area contributed by atoms with Crippen molar-refractivity contribution in [3.63, 3.8) is 0 Å². The number of rotatable bonds is 7. The van der Waals surface area contributed by atoms with E-state index in [2.05, 4.69) is 41.5 Å². The van der Waals surface area contributed by atoms with Crippen molar-refractivity contribution in [1.82, 2.24) is 0 Å². The van der Waals surface area contributed by atoms with Gasteiger partial charge in [0.25, 0.3) is 0 Å². The summed E-state index contributed by atoms with van der Waals surface area (Å²) in [6.07, 6.45) is 18.0. The van der Waals surface area contributed by atoms with E-state index in [0.717, 1.165) is 47.8 Å². The van der Waals surface area contributed by atoms with Crippen LogP contribution >= 0.6 is 0 Å². The van der Waals surface area contributed by atoms with Crippen LogP contribution in [-0.2, 0) is 0 Å². The van der Waals surface area contributed by atoms with Gasteiger partial charge < -0.3 is 5.11 Å². The standard InChI is InChI=1S/C30H54O/c1-7-9-23-26-13-12-22-25-15-14-24(21(4)11-8-10-20(2)3)29(25,5)18-16-27(22)30(26,6)19-17-28(23)31/h20-28,31H,7-19H2,1-6H3/t21-,22-,23-,24+,25-,26-,27-,28+,29+,30-/m0/s1.